The van der Waals surface area contributed by atoms with Gasteiger partial charge >= 0.3 is 0 Å². The molecule has 1 fully saturated rings. The lowest BCUT2D eigenvalue weighted by atomic mass is 10.0. The molecule has 0 unspecified atom stereocenters. The van der Waals surface area contributed by atoms with Crippen LogP contribution in [0, 0.1) is 5.82 Å². The molecule has 1 aromatic rings. The van der Waals surface area contributed by atoms with Crippen molar-refractivity contribution < 1.29 is 14.3 Å². The van der Waals surface area contributed by atoms with Gasteiger partial charge in [0.1, 0.15) is 5.82 Å². The van der Waals surface area contributed by atoms with E-state index in [9.17, 15) is 9.18 Å². The molecule has 5 heteroatoms. The van der Waals surface area contributed by atoms with Crippen LogP contribution in [-0.4, -0.2) is 30.1 Å². The van der Waals surface area contributed by atoms with Gasteiger partial charge in [0, 0.05) is 26.1 Å². The maximum Gasteiger partial charge on any atom is 0.217 e. The second kappa shape index (κ2) is 6.02. The van der Waals surface area contributed by atoms with E-state index in [2.05, 4.69) is 5.32 Å². The van der Waals surface area contributed by atoms with E-state index in [0.29, 0.717) is 11.3 Å². The van der Waals surface area contributed by atoms with Gasteiger partial charge in [-0.1, -0.05) is 6.07 Å². The van der Waals surface area contributed by atoms with Crippen LogP contribution in [0.3, 0.4) is 0 Å². The predicted octanol–water partition coefficient (Wildman–Crippen LogP) is 1.42. The summed E-state index contributed by atoms with van der Waals surface area (Å²) in [6, 6.07) is 5.00. The minimum absolute atomic E-state index is 0.0167. The highest BCUT2D eigenvalue weighted by atomic mass is 19.1. The Morgan fingerprint density at radius 1 is 1.47 bits per heavy atom. The number of benzene rings is 1. The van der Waals surface area contributed by atoms with Gasteiger partial charge in [0.15, 0.2) is 0 Å². The molecule has 1 aromatic carbocycles. The summed E-state index contributed by atoms with van der Waals surface area (Å²) in [4.78, 5) is 13.0. The smallest absolute Gasteiger partial charge is 0.217 e. The van der Waals surface area contributed by atoms with Crippen molar-refractivity contribution in [1.29, 1.82) is 0 Å². The molecule has 4 nitrogen and oxygen atoms in total. The number of hydrogen-bond acceptors (Lipinski definition) is 3. The van der Waals surface area contributed by atoms with Crippen molar-refractivity contribution in [2.24, 2.45) is 0 Å². The minimum atomic E-state index is -0.301. The maximum atomic E-state index is 13.9. The molecule has 0 atom stereocenters. The van der Waals surface area contributed by atoms with Crippen LogP contribution in [0.25, 0.3) is 0 Å². The fourth-order valence-corrected chi connectivity index (χ4v) is 2.46. The number of carbonyl (C=O) groups is 1. The van der Waals surface area contributed by atoms with Crippen LogP contribution in [0.5, 0.6) is 0 Å². The summed E-state index contributed by atoms with van der Waals surface area (Å²) in [5, 5.41) is 11.9. The zero-order valence-corrected chi connectivity index (χ0v) is 11.0. The first-order valence-electron chi connectivity index (χ1n) is 6.51. The Bertz CT molecular complexity index is 457. The monoisotopic (exact) mass is 266 g/mol. The maximum absolute atomic E-state index is 13.9. The van der Waals surface area contributed by atoms with E-state index in [-0.39, 0.29) is 24.4 Å². The van der Waals surface area contributed by atoms with Crippen LogP contribution in [-0.2, 0) is 11.4 Å². The summed E-state index contributed by atoms with van der Waals surface area (Å²) in [6.45, 7) is 2.81. The van der Waals surface area contributed by atoms with Gasteiger partial charge in [-0.3, -0.25) is 4.79 Å². The van der Waals surface area contributed by atoms with Crippen molar-refractivity contribution in [2.45, 2.75) is 32.4 Å². The molecule has 1 aliphatic rings. The second-order valence-corrected chi connectivity index (χ2v) is 4.91. The van der Waals surface area contributed by atoms with Crippen LogP contribution in [0.1, 0.15) is 25.3 Å². The first-order valence-corrected chi connectivity index (χ1v) is 6.51. The van der Waals surface area contributed by atoms with E-state index in [0.717, 1.165) is 25.9 Å². The van der Waals surface area contributed by atoms with Gasteiger partial charge in [-0.25, -0.2) is 4.39 Å². The first kappa shape index (κ1) is 13.8. The van der Waals surface area contributed by atoms with Gasteiger partial charge < -0.3 is 15.3 Å². The number of nitrogens with zero attached hydrogens (tertiary/aromatic N) is 1. The van der Waals surface area contributed by atoms with E-state index in [4.69, 9.17) is 5.11 Å². The van der Waals surface area contributed by atoms with Crippen molar-refractivity contribution in [1.82, 2.24) is 5.32 Å². The predicted molar refractivity (Wildman–Crippen MR) is 71.4 cm³/mol. The highest BCUT2D eigenvalue weighted by Gasteiger charge is 2.21. The molecule has 1 amide bonds. The van der Waals surface area contributed by atoms with Gasteiger partial charge in [0.25, 0.3) is 0 Å². The van der Waals surface area contributed by atoms with E-state index in [1.165, 1.54) is 13.0 Å². The fourth-order valence-electron chi connectivity index (χ4n) is 2.46. The van der Waals surface area contributed by atoms with Crippen LogP contribution in [0.15, 0.2) is 18.2 Å². The topological polar surface area (TPSA) is 52.6 Å². The molecule has 2 N–H and O–H groups in total. The highest BCUT2D eigenvalue weighted by molar-refractivity contribution is 5.73. The number of nitrogens with one attached hydrogen (secondary N) is 1. The molecule has 104 valence electrons. The normalized spacial score (nSPS) is 16.5. The van der Waals surface area contributed by atoms with Gasteiger partial charge in [0.2, 0.25) is 5.91 Å². The number of aliphatic hydroxyl groups excluding tert-OH is 1. The van der Waals surface area contributed by atoms with Crippen molar-refractivity contribution in [2.75, 3.05) is 18.0 Å². The number of rotatable bonds is 3. The third kappa shape index (κ3) is 3.44. The lowest BCUT2D eigenvalue weighted by Gasteiger charge is -2.34. The molecule has 2 rings (SSSR count). The van der Waals surface area contributed by atoms with E-state index < -0.39 is 0 Å². The van der Waals surface area contributed by atoms with Crippen molar-refractivity contribution in [3.8, 4) is 0 Å². The third-order valence-electron chi connectivity index (χ3n) is 3.44. The fraction of sp³-hybridized carbons (Fsp3) is 0.500. The van der Waals surface area contributed by atoms with Gasteiger partial charge in [-0.15, -0.1) is 0 Å². The Kier molecular flexibility index (Phi) is 4.37. The zero-order valence-electron chi connectivity index (χ0n) is 11.0. The van der Waals surface area contributed by atoms with Gasteiger partial charge in [0.05, 0.1) is 12.3 Å². The Labute approximate surface area is 112 Å². The lowest BCUT2D eigenvalue weighted by molar-refractivity contribution is -0.119. The third-order valence-corrected chi connectivity index (χ3v) is 3.44. The molecule has 1 heterocycles. The number of aliphatic hydroxyl groups is 1. The molecule has 0 radical (unpaired) electrons. The largest absolute Gasteiger partial charge is 0.392 e. The molecular formula is C14H19FN2O2. The van der Waals surface area contributed by atoms with E-state index >= 15 is 0 Å². The average molecular weight is 266 g/mol. The molecular weight excluding hydrogens is 247 g/mol. The SMILES string of the molecule is CC(=O)NC1CCN(c2ccc(CO)cc2F)CC1. The van der Waals surface area contributed by atoms with Crippen LogP contribution in [0.2, 0.25) is 0 Å². The summed E-state index contributed by atoms with van der Waals surface area (Å²) < 4.78 is 13.9. The number of halogens is 1. The number of anilines is 1. The molecule has 0 saturated carbocycles. The van der Waals surface area contributed by atoms with E-state index in [1.54, 1.807) is 12.1 Å². The average Bonchev–Trinajstić information content (AvgIpc) is 2.39. The summed E-state index contributed by atoms with van der Waals surface area (Å²) in [5.41, 5.74) is 1.15. The van der Waals surface area contributed by atoms with Crippen molar-refractivity contribution in [3.05, 3.63) is 29.6 Å². The molecule has 1 aliphatic heterocycles. The Hall–Kier alpha value is -1.62. The molecule has 0 spiro atoms. The van der Waals surface area contributed by atoms with Crippen molar-refractivity contribution >= 4 is 11.6 Å². The zero-order chi connectivity index (χ0) is 13.8. The Morgan fingerprint density at radius 2 is 2.16 bits per heavy atom. The quantitative estimate of drug-likeness (QED) is 0.870. The number of amides is 1. The molecule has 0 aliphatic carbocycles. The summed E-state index contributed by atoms with van der Waals surface area (Å²) in [7, 11) is 0. The van der Waals surface area contributed by atoms with Gasteiger partial charge in [-0.2, -0.15) is 0 Å². The van der Waals surface area contributed by atoms with Crippen LogP contribution >= 0.6 is 0 Å². The Balaban J connectivity index is 1.99. The van der Waals surface area contributed by atoms with E-state index in [1.807, 2.05) is 4.90 Å². The van der Waals surface area contributed by atoms with Crippen LogP contribution < -0.4 is 10.2 Å². The van der Waals surface area contributed by atoms with Crippen LogP contribution in [0.4, 0.5) is 10.1 Å². The minimum Gasteiger partial charge on any atom is -0.392 e. The Morgan fingerprint density at radius 3 is 2.68 bits per heavy atom. The molecule has 1 saturated heterocycles. The lowest BCUT2D eigenvalue weighted by Crippen LogP contribution is -2.44. The standard InChI is InChI=1S/C14H19FN2O2/c1-10(19)16-12-4-6-17(7-5-12)14-3-2-11(9-18)8-13(14)15/h2-3,8,12,18H,4-7,9H2,1H3,(H,16,19). The molecule has 0 bridgehead atoms. The highest BCUT2D eigenvalue weighted by Crippen LogP contribution is 2.24. The summed E-state index contributed by atoms with van der Waals surface area (Å²) >= 11 is 0. The molecule has 0 aromatic heterocycles. The number of hydrogen-bond donors (Lipinski definition) is 2. The van der Waals surface area contributed by atoms with Crippen molar-refractivity contribution in [3.63, 3.8) is 0 Å². The number of carbonyl (C=O) groups excluding carboxylic acids is 1. The number of piperidine rings is 1. The first-order chi connectivity index (χ1) is 9.10. The summed E-state index contributed by atoms with van der Waals surface area (Å²) in [6.07, 6.45) is 1.64. The van der Waals surface area contributed by atoms with Gasteiger partial charge in [-0.05, 0) is 30.5 Å². The molecule has 19 heavy (non-hydrogen) atoms. The second-order valence-electron chi connectivity index (χ2n) is 4.91. The summed E-state index contributed by atoms with van der Waals surface area (Å²) in [5.74, 6) is -0.318.